The molecule has 0 radical (unpaired) electrons. The van der Waals surface area contributed by atoms with Crippen molar-refractivity contribution in [2.75, 3.05) is 7.05 Å². The molecule has 3 rings (SSSR count). The van der Waals surface area contributed by atoms with E-state index in [1.807, 2.05) is 37.4 Å². The Morgan fingerprint density at radius 3 is 2.73 bits per heavy atom. The molecule has 0 aliphatic heterocycles. The second-order valence-corrected chi connectivity index (χ2v) is 6.30. The Kier molecular flexibility index (Phi) is 4.44. The predicted octanol–water partition coefficient (Wildman–Crippen LogP) is 3.28. The zero-order valence-electron chi connectivity index (χ0n) is 12.4. The quantitative estimate of drug-likeness (QED) is 0.726. The fourth-order valence-corrected chi connectivity index (χ4v) is 3.25. The molecule has 3 aromatic rings. The highest BCUT2D eigenvalue weighted by molar-refractivity contribution is 7.18. The van der Waals surface area contributed by atoms with Crippen molar-refractivity contribution < 1.29 is 4.79 Å². The van der Waals surface area contributed by atoms with Crippen LogP contribution in [0.4, 0.5) is 0 Å². The molecular weight excluding hydrogens is 294 g/mol. The number of carbonyl (C=O) groups excluding carboxylic acids is 1. The van der Waals surface area contributed by atoms with Crippen molar-refractivity contribution in [2.45, 2.75) is 19.4 Å². The Morgan fingerprint density at radius 1 is 1.18 bits per heavy atom. The van der Waals surface area contributed by atoms with Gasteiger partial charge in [0, 0.05) is 38.8 Å². The topological polar surface area (TPSA) is 46.1 Å². The fourth-order valence-electron chi connectivity index (χ4n) is 2.28. The number of fused-ring (bicyclic) bond motifs is 1. The van der Waals surface area contributed by atoms with Crippen molar-refractivity contribution in [3.63, 3.8) is 0 Å². The lowest BCUT2D eigenvalue weighted by atomic mass is 10.2. The number of hydrogen-bond donors (Lipinski definition) is 0. The first kappa shape index (κ1) is 14.7. The van der Waals surface area contributed by atoms with E-state index >= 15 is 0 Å². The van der Waals surface area contributed by atoms with Crippen molar-refractivity contribution in [3.8, 4) is 0 Å². The Labute approximate surface area is 133 Å². The molecular formula is C17H17N3OS. The first-order chi connectivity index (χ1) is 10.7. The van der Waals surface area contributed by atoms with Crippen LogP contribution in [-0.4, -0.2) is 27.8 Å². The molecule has 0 aliphatic carbocycles. The number of amides is 1. The Balaban J connectivity index is 1.57. The summed E-state index contributed by atoms with van der Waals surface area (Å²) in [4.78, 5) is 22.5. The zero-order chi connectivity index (χ0) is 15.4. The molecule has 0 saturated carbocycles. The van der Waals surface area contributed by atoms with Crippen LogP contribution in [0.1, 0.15) is 17.0 Å². The maximum Gasteiger partial charge on any atom is 0.223 e. The minimum atomic E-state index is 0.135. The monoisotopic (exact) mass is 311 g/mol. The average molecular weight is 311 g/mol. The molecule has 0 N–H and O–H groups in total. The Hall–Kier alpha value is -2.27. The highest BCUT2D eigenvalue weighted by Crippen LogP contribution is 2.22. The van der Waals surface area contributed by atoms with Gasteiger partial charge < -0.3 is 4.90 Å². The van der Waals surface area contributed by atoms with Gasteiger partial charge in [0.15, 0.2) is 0 Å². The summed E-state index contributed by atoms with van der Waals surface area (Å²) in [5.74, 6) is 0.135. The molecule has 0 saturated heterocycles. The lowest BCUT2D eigenvalue weighted by Crippen LogP contribution is -2.26. The first-order valence-corrected chi connectivity index (χ1v) is 8.01. The summed E-state index contributed by atoms with van der Waals surface area (Å²) in [5, 5.41) is 1.02. The van der Waals surface area contributed by atoms with E-state index in [1.54, 1.807) is 28.6 Å². The molecule has 0 fully saturated rings. The van der Waals surface area contributed by atoms with Gasteiger partial charge in [-0.2, -0.15) is 0 Å². The van der Waals surface area contributed by atoms with E-state index in [-0.39, 0.29) is 5.91 Å². The van der Waals surface area contributed by atoms with Crippen molar-refractivity contribution in [1.82, 2.24) is 14.9 Å². The second kappa shape index (κ2) is 6.66. The van der Waals surface area contributed by atoms with E-state index in [0.29, 0.717) is 19.4 Å². The predicted molar refractivity (Wildman–Crippen MR) is 88.7 cm³/mol. The maximum atomic E-state index is 12.2. The lowest BCUT2D eigenvalue weighted by molar-refractivity contribution is -0.130. The van der Waals surface area contributed by atoms with E-state index in [0.717, 1.165) is 16.1 Å². The van der Waals surface area contributed by atoms with Crippen LogP contribution in [0.25, 0.3) is 10.2 Å². The van der Waals surface area contributed by atoms with E-state index < -0.39 is 0 Å². The van der Waals surface area contributed by atoms with Gasteiger partial charge in [0.05, 0.1) is 15.2 Å². The Bertz CT molecular complexity index is 737. The number of hydrogen-bond acceptors (Lipinski definition) is 4. The number of aryl methyl sites for hydroxylation is 1. The smallest absolute Gasteiger partial charge is 0.223 e. The molecule has 0 atom stereocenters. The van der Waals surface area contributed by atoms with Gasteiger partial charge in [0.25, 0.3) is 0 Å². The van der Waals surface area contributed by atoms with Crippen molar-refractivity contribution in [1.29, 1.82) is 0 Å². The first-order valence-electron chi connectivity index (χ1n) is 7.20. The molecule has 2 heterocycles. The van der Waals surface area contributed by atoms with Crippen LogP contribution < -0.4 is 0 Å². The number of benzene rings is 1. The molecule has 4 nitrogen and oxygen atoms in total. The van der Waals surface area contributed by atoms with Gasteiger partial charge in [0.1, 0.15) is 0 Å². The van der Waals surface area contributed by atoms with Crippen LogP contribution >= 0.6 is 11.3 Å². The summed E-state index contributed by atoms with van der Waals surface area (Å²) in [6.45, 7) is 0.612. The third kappa shape index (κ3) is 3.49. The molecule has 1 aromatic carbocycles. The number of nitrogens with zero attached hydrogens (tertiary/aromatic N) is 3. The molecule has 112 valence electrons. The molecule has 22 heavy (non-hydrogen) atoms. The van der Waals surface area contributed by atoms with Crippen molar-refractivity contribution >= 4 is 27.5 Å². The molecule has 2 aromatic heterocycles. The van der Waals surface area contributed by atoms with Gasteiger partial charge in [-0.1, -0.05) is 12.1 Å². The summed E-state index contributed by atoms with van der Waals surface area (Å²) < 4.78 is 1.18. The van der Waals surface area contributed by atoms with Crippen LogP contribution in [0.15, 0.2) is 48.8 Å². The highest BCUT2D eigenvalue weighted by atomic mass is 32.1. The summed E-state index contributed by atoms with van der Waals surface area (Å²) in [6.07, 6.45) is 4.67. The molecule has 0 aliphatic rings. The SMILES string of the molecule is CN(Cc1ccncc1)C(=O)CCc1nc2ccccc2s1. The third-order valence-electron chi connectivity index (χ3n) is 3.49. The molecule has 0 unspecified atom stereocenters. The van der Waals surface area contributed by atoms with Crippen LogP contribution in [0.2, 0.25) is 0 Å². The van der Waals surface area contributed by atoms with Crippen LogP contribution in [0.3, 0.4) is 0 Å². The van der Waals surface area contributed by atoms with Gasteiger partial charge in [-0.3, -0.25) is 9.78 Å². The minimum Gasteiger partial charge on any atom is -0.341 e. The average Bonchev–Trinajstić information content (AvgIpc) is 2.96. The Morgan fingerprint density at radius 2 is 1.95 bits per heavy atom. The third-order valence-corrected chi connectivity index (χ3v) is 4.58. The molecule has 0 spiro atoms. The highest BCUT2D eigenvalue weighted by Gasteiger charge is 2.11. The van der Waals surface area contributed by atoms with Crippen LogP contribution in [-0.2, 0) is 17.8 Å². The number of para-hydroxylation sites is 1. The minimum absolute atomic E-state index is 0.135. The van der Waals surface area contributed by atoms with E-state index in [2.05, 4.69) is 16.0 Å². The number of carbonyl (C=O) groups is 1. The molecule has 5 heteroatoms. The normalized spacial score (nSPS) is 10.8. The van der Waals surface area contributed by atoms with Gasteiger partial charge >= 0.3 is 0 Å². The number of thiazole rings is 1. The van der Waals surface area contributed by atoms with Crippen LogP contribution in [0, 0.1) is 0 Å². The number of rotatable bonds is 5. The van der Waals surface area contributed by atoms with E-state index in [1.165, 1.54) is 4.70 Å². The van der Waals surface area contributed by atoms with Gasteiger partial charge in [-0.05, 0) is 29.8 Å². The molecule has 0 bridgehead atoms. The maximum absolute atomic E-state index is 12.2. The van der Waals surface area contributed by atoms with Gasteiger partial charge in [-0.25, -0.2) is 4.98 Å². The largest absolute Gasteiger partial charge is 0.341 e. The van der Waals surface area contributed by atoms with E-state index in [9.17, 15) is 4.79 Å². The van der Waals surface area contributed by atoms with Crippen LogP contribution in [0.5, 0.6) is 0 Å². The van der Waals surface area contributed by atoms with E-state index in [4.69, 9.17) is 0 Å². The summed E-state index contributed by atoms with van der Waals surface area (Å²) in [6, 6.07) is 11.9. The zero-order valence-corrected chi connectivity index (χ0v) is 13.2. The van der Waals surface area contributed by atoms with Crippen molar-refractivity contribution in [3.05, 3.63) is 59.4 Å². The summed E-state index contributed by atoms with van der Waals surface area (Å²) in [7, 11) is 1.83. The second-order valence-electron chi connectivity index (χ2n) is 5.18. The van der Waals surface area contributed by atoms with Crippen molar-refractivity contribution in [2.24, 2.45) is 0 Å². The fraction of sp³-hybridized carbons (Fsp3) is 0.235. The number of aromatic nitrogens is 2. The number of pyridine rings is 1. The summed E-state index contributed by atoms with van der Waals surface area (Å²) in [5.41, 5.74) is 2.10. The summed E-state index contributed by atoms with van der Waals surface area (Å²) >= 11 is 1.66. The standard InChI is InChI=1S/C17H17N3OS/c1-20(12-13-8-10-18-11-9-13)17(21)7-6-16-19-14-4-2-3-5-15(14)22-16/h2-5,8-11H,6-7,12H2,1H3. The lowest BCUT2D eigenvalue weighted by Gasteiger charge is -2.16. The van der Waals surface area contributed by atoms with Gasteiger partial charge in [-0.15, -0.1) is 11.3 Å². The van der Waals surface area contributed by atoms with Gasteiger partial charge in [0.2, 0.25) is 5.91 Å². The molecule has 1 amide bonds.